The summed E-state index contributed by atoms with van der Waals surface area (Å²) < 4.78 is 1.01. The highest BCUT2D eigenvalue weighted by molar-refractivity contribution is 9.10. The smallest absolute Gasteiger partial charge is 0.304 e. The van der Waals surface area contributed by atoms with Crippen molar-refractivity contribution in [1.29, 1.82) is 0 Å². The zero-order valence-electron chi connectivity index (χ0n) is 9.88. The van der Waals surface area contributed by atoms with E-state index in [-0.39, 0.29) is 11.8 Å². The molecule has 1 rings (SSSR count). The first-order valence-electron chi connectivity index (χ1n) is 5.37. The molecule has 0 spiro atoms. The minimum atomic E-state index is -0.761. The van der Waals surface area contributed by atoms with Gasteiger partial charge in [-0.05, 0) is 29.7 Å². The van der Waals surface area contributed by atoms with Crippen molar-refractivity contribution in [2.75, 3.05) is 0 Å². The third-order valence-electron chi connectivity index (χ3n) is 2.74. The Kier molecular flexibility index (Phi) is 4.14. The Morgan fingerprint density at radius 1 is 1.38 bits per heavy atom. The summed E-state index contributed by atoms with van der Waals surface area (Å²) in [5.41, 5.74) is 1.96. The quantitative estimate of drug-likeness (QED) is 0.914. The van der Waals surface area contributed by atoms with Gasteiger partial charge in [0.1, 0.15) is 0 Å². The van der Waals surface area contributed by atoms with E-state index in [0.717, 1.165) is 16.5 Å². The van der Waals surface area contributed by atoms with Gasteiger partial charge in [0, 0.05) is 9.89 Å². The zero-order valence-corrected chi connectivity index (χ0v) is 11.5. The van der Waals surface area contributed by atoms with E-state index >= 15 is 0 Å². The summed E-state index contributed by atoms with van der Waals surface area (Å²) in [4.78, 5) is 10.8. The number of rotatable bonds is 4. The van der Waals surface area contributed by atoms with Crippen molar-refractivity contribution >= 4 is 21.9 Å². The molecule has 0 bridgehead atoms. The first-order valence-corrected chi connectivity index (χ1v) is 6.16. The number of benzene rings is 1. The minimum absolute atomic E-state index is 0.145. The molecule has 0 radical (unpaired) electrons. The molecule has 0 unspecified atom stereocenters. The van der Waals surface area contributed by atoms with Crippen LogP contribution >= 0.6 is 15.9 Å². The van der Waals surface area contributed by atoms with Crippen molar-refractivity contribution in [2.24, 2.45) is 0 Å². The molecule has 3 heteroatoms. The molecule has 0 aliphatic rings. The van der Waals surface area contributed by atoms with E-state index in [4.69, 9.17) is 5.11 Å². The number of aryl methyl sites for hydroxylation is 1. The van der Waals surface area contributed by atoms with E-state index in [2.05, 4.69) is 35.0 Å². The van der Waals surface area contributed by atoms with Crippen LogP contribution in [0.1, 0.15) is 38.3 Å². The standard InChI is InChI=1S/C13H17BrO2/c1-4-9-5-10(7-11(14)6-9)13(2,3)8-12(15)16/h5-7H,4,8H2,1-3H3,(H,15,16). The van der Waals surface area contributed by atoms with Gasteiger partial charge in [-0.2, -0.15) is 0 Å². The van der Waals surface area contributed by atoms with Gasteiger partial charge in [-0.1, -0.05) is 42.8 Å². The van der Waals surface area contributed by atoms with Gasteiger partial charge in [-0.15, -0.1) is 0 Å². The fraction of sp³-hybridized carbons (Fsp3) is 0.462. The van der Waals surface area contributed by atoms with Crippen molar-refractivity contribution in [3.63, 3.8) is 0 Å². The van der Waals surface area contributed by atoms with Crippen LogP contribution in [0, 0.1) is 0 Å². The maximum Gasteiger partial charge on any atom is 0.304 e. The predicted octanol–water partition coefficient (Wildman–Crippen LogP) is 3.76. The number of hydrogen-bond acceptors (Lipinski definition) is 1. The number of carboxylic acids is 1. The molecule has 1 aromatic carbocycles. The number of halogens is 1. The van der Waals surface area contributed by atoms with Gasteiger partial charge in [0.15, 0.2) is 0 Å². The molecule has 0 atom stereocenters. The number of carbonyl (C=O) groups is 1. The van der Waals surface area contributed by atoms with Gasteiger partial charge in [-0.3, -0.25) is 4.79 Å². The third-order valence-corrected chi connectivity index (χ3v) is 3.20. The van der Waals surface area contributed by atoms with Gasteiger partial charge in [0.2, 0.25) is 0 Å². The average molecular weight is 285 g/mol. The first kappa shape index (κ1) is 13.2. The highest BCUT2D eigenvalue weighted by Gasteiger charge is 2.24. The molecule has 1 aromatic rings. The molecule has 0 heterocycles. The molecule has 0 aliphatic heterocycles. The van der Waals surface area contributed by atoms with E-state index in [1.807, 2.05) is 19.9 Å². The summed E-state index contributed by atoms with van der Waals surface area (Å²) in [6, 6.07) is 6.16. The largest absolute Gasteiger partial charge is 0.481 e. The molecule has 0 amide bonds. The first-order chi connectivity index (χ1) is 7.35. The van der Waals surface area contributed by atoms with E-state index in [1.54, 1.807) is 0 Å². The van der Waals surface area contributed by atoms with Crippen molar-refractivity contribution in [3.05, 3.63) is 33.8 Å². The predicted molar refractivity (Wildman–Crippen MR) is 68.8 cm³/mol. The van der Waals surface area contributed by atoms with Gasteiger partial charge >= 0.3 is 5.97 Å². The second kappa shape index (κ2) is 5.00. The van der Waals surface area contributed by atoms with Crippen LogP contribution < -0.4 is 0 Å². The van der Waals surface area contributed by atoms with Gasteiger partial charge < -0.3 is 5.11 Å². The van der Waals surface area contributed by atoms with E-state index < -0.39 is 5.97 Å². The lowest BCUT2D eigenvalue weighted by Gasteiger charge is -2.24. The Bertz CT molecular complexity index is 397. The molecular weight excluding hydrogens is 268 g/mol. The molecule has 16 heavy (non-hydrogen) atoms. The summed E-state index contributed by atoms with van der Waals surface area (Å²) in [6.07, 6.45) is 1.10. The minimum Gasteiger partial charge on any atom is -0.481 e. The van der Waals surface area contributed by atoms with Gasteiger partial charge in [0.25, 0.3) is 0 Å². The normalized spacial score (nSPS) is 11.5. The molecule has 0 aromatic heterocycles. The lowest BCUT2D eigenvalue weighted by atomic mass is 9.81. The molecular formula is C13H17BrO2. The Labute approximate surface area is 105 Å². The van der Waals surface area contributed by atoms with Crippen LogP contribution in [0.3, 0.4) is 0 Å². The topological polar surface area (TPSA) is 37.3 Å². The maximum absolute atomic E-state index is 10.8. The molecule has 0 saturated carbocycles. The lowest BCUT2D eigenvalue weighted by molar-refractivity contribution is -0.138. The average Bonchev–Trinajstić information content (AvgIpc) is 2.14. The highest BCUT2D eigenvalue weighted by Crippen LogP contribution is 2.30. The second-order valence-corrected chi connectivity index (χ2v) is 5.57. The van der Waals surface area contributed by atoms with Gasteiger partial charge in [-0.25, -0.2) is 0 Å². The van der Waals surface area contributed by atoms with Crippen LogP contribution in [0.5, 0.6) is 0 Å². The number of hydrogen-bond donors (Lipinski definition) is 1. The molecule has 88 valence electrons. The van der Waals surface area contributed by atoms with Crippen molar-refractivity contribution in [3.8, 4) is 0 Å². The van der Waals surface area contributed by atoms with Crippen molar-refractivity contribution in [2.45, 2.75) is 39.0 Å². The Hall–Kier alpha value is -0.830. The van der Waals surface area contributed by atoms with E-state index in [1.165, 1.54) is 5.56 Å². The van der Waals surface area contributed by atoms with Crippen LogP contribution in [0.15, 0.2) is 22.7 Å². The Morgan fingerprint density at radius 3 is 2.50 bits per heavy atom. The van der Waals surface area contributed by atoms with Crippen LogP contribution in [0.2, 0.25) is 0 Å². The Balaban J connectivity index is 3.11. The van der Waals surface area contributed by atoms with E-state index in [0.29, 0.717) is 0 Å². The van der Waals surface area contributed by atoms with Crippen molar-refractivity contribution in [1.82, 2.24) is 0 Å². The molecule has 0 fully saturated rings. The fourth-order valence-corrected chi connectivity index (χ4v) is 2.27. The Morgan fingerprint density at radius 2 is 2.00 bits per heavy atom. The molecule has 0 aliphatic carbocycles. The van der Waals surface area contributed by atoms with Crippen LogP contribution in [0.4, 0.5) is 0 Å². The van der Waals surface area contributed by atoms with Crippen LogP contribution in [-0.4, -0.2) is 11.1 Å². The molecule has 1 N–H and O–H groups in total. The summed E-state index contributed by atoms with van der Waals surface area (Å²) in [6.45, 7) is 6.01. The van der Waals surface area contributed by atoms with Crippen LogP contribution in [0.25, 0.3) is 0 Å². The highest BCUT2D eigenvalue weighted by atomic mass is 79.9. The maximum atomic E-state index is 10.8. The number of carboxylic acid groups (broad SMARTS) is 1. The monoisotopic (exact) mass is 284 g/mol. The molecule has 2 nitrogen and oxygen atoms in total. The lowest BCUT2D eigenvalue weighted by Crippen LogP contribution is -2.21. The number of aliphatic carboxylic acids is 1. The van der Waals surface area contributed by atoms with Crippen LogP contribution in [-0.2, 0) is 16.6 Å². The van der Waals surface area contributed by atoms with Gasteiger partial charge in [0.05, 0.1) is 6.42 Å². The zero-order chi connectivity index (χ0) is 12.3. The molecule has 0 saturated heterocycles. The summed E-state index contributed by atoms with van der Waals surface area (Å²) in [5, 5.41) is 8.89. The third kappa shape index (κ3) is 3.34. The second-order valence-electron chi connectivity index (χ2n) is 4.66. The summed E-state index contributed by atoms with van der Waals surface area (Å²) >= 11 is 3.47. The summed E-state index contributed by atoms with van der Waals surface area (Å²) in [5.74, 6) is -0.761. The van der Waals surface area contributed by atoms with E-state index in [9.17, 15) is 4.79 Å². The summed E-state index contributed by atoms with van der Waals surface area (Å²) in [7, 11) is 0. The SMILES string of the molecule is CCc1cc(Br)cc(C(C)(C)CC(=O)O)c1. The van der Waals surface area contributed by atoms with Crippen molar-refractivity contribution < 1.29 is 9.90 Å². The fourth-order valence-electron chi connectivity index (χ4n) is 1.73.